The Morgan fingerprint density at radius 2 is 2.00 bits per heavy atom. The van der Waals surface area contributed by atoms with Gasteiger partial charge in [0, 0.05) is 16.9 Å². The first kappa shape index (κ1) is 14.0. The van der Waals surface area contributed by atoms with Crippen molar-refractivity contribution in [2.75, 3.05) is 6.61 Å². The summed E-state index contributed by atoms with van der Waals surface area (Å²) < 4.78 is 5.90. The second kappa shape index (κ2) is 6.17. The van der Waals surface area contributed by atoms with E-state index in [0.717, 1.165) is 28.9 Å². The van der Waals surface area contributed by atoms with E-state index >= 15 is 0 Å². The molecule has 2 nitrogen and oxygen atoms in total. The number of ether oxygens (including phenoxy) is 1. The number of aryl methyl sites for hydroxylation is 2. The van der Waals surface area contributed by atoms with Gasteiger partial charge in [0.25, 0.3) is 0 Å². The van der Waals surface area contributed by atoms with Gasteiger partial charge in [-0.2, -0.15) is 0 Å². The molecule has 0 radical (unpaired) electrons. The zero-order valence-corrected chi connectivity index (χ0v) is 12.7. The van der Waals surface area contributed by atoms with Gasteiger partial charge in [0.2, 0.25) is 0 Å². The lowest BCUT2D eigenvalue weighted by Crippen LogP contribution is -2.11. The van der Waals surface area contributed by atoms with Crippen LogP contribution in [0, 0.1) is 13.8 Å². The summed E-state index contributed by atoms with van der Waals surface area (Å²) in [4.78, 5) is 1.77. The third-order valence-electron chi connectivity index (χ3n) is 2.92. The molecule has 0 unspecified atom stereocenters. The maximum Gasteiger partial charge on any atom is 0.125 e. The maximum atomic E-state index is 5.90. The molecule has 0 fully saturated rings. The molecule has 0 aliphatic heterocycles. The summed E-state index contributed by atoms with van der Waals surface area (Å²) in [7, 11) is 0. The Bertz CT molecular complexity index is 553. The zero-order chi connectivity index (χ0) is 13.8. The molecule has 0 saturated carbocycles. The highest BCUT2D eigenvalue weighted by molar-refractivity contribution is 7.80. The maximum absolute atomic E-state index is 5.90. The highest BCUT2D eigenvalue weighted by Gasteiger charge is 2.08. The fourth-order valence-corrected chi connectivity index (χ4v) is 2.84. The van der Waals surface area contributed by atoms with Crippen molar-refractivity contribution in [3.05, 3.63) is 51.2 Å². The molecule has 0 atom stereocenters. The largest absolute Gasteiger partial charge is 0.493 e. The van der Waals surface area contributed by atoms with E-state index in [9.17, 15) is 0 Å². The monoisotopic (exact) mass is 291 g/mol. The number of thiophene rings is 1. The van der Waals surface area contributed by atoms with Crippen molar-refractivity contribution in [3.63, 3.8) is 0 Å². The van der Waals surface area contributed by atoms with Crippen molar-refractivity contribution in [2.45, 2.75) is 20.3 Å². The Kier molecular flexibility index (Phi) is 4.56. The second-order valence-corrected chi connectivity index (χ2v) is 5.95. The lowest BCUT2D eigenvalue weighted by Gasteiger charge is -2.13. The first-order valence-electron chi connectivity index (χ1n) is 6.14. The van der Waals surface area contributed by atoms with Gasteiger partial charge in [-0.1, -0.05) is 18.3 Å². The van der Waals surface area contributed by atoms with E-state index < -0.39 is 0 Å². The molecule has 0 aliphatic carbocycles. The molecule has 19 heavy (non-hydrogen) atoms. The quantitative estimate of drug-likeness (QED) is 0.855. The molecule has 1 aromatic carbocycles. The molecular weight excluding hydrogens is 274 g/mol. The molecule has 0 spiro atoms. The van der Waals surface area contributed by atoms with Gasteiger partial charge in [-0.15, -0.1) is 11.3 Å². The van der Waals surface area contributed by atoms with Crippen LogP contribution in [0.3, 0.4) is 0 Å². The Labute approximate surface area is 123 Å². The summed E-state index contributed by atoms with van der Waals surface area (Å²) in [5.41, 5.74) is 8.71. The molecule has 2 aromatic rings. The third kappa shape index (κ3) is 3.55. The fourth-order valence-electron chi connectivity index (χ4n) is 2.03. The Balaban J connectivity index is 2.06. The molecule has 0 aliphatic rings. The summed E-state index contributed by atoms with van der Waals surface area (Å²) in [6.45, 7) is 4.74. The molecule has 100 valence electrons. The van der Waals surface area contributed by atoms with E-state index in [1.54, 1.807) is 11.3 Å². The van der Waals surface area contributed by atoms with Gasteiger partial charge < -0.3 is 10.5 Å². The van der Waals surface area contributed by atoms with Crippen molar-refractivity contribution in [3.8, 4) is 5.75 Å². The summed E-state index contributed by atoms with van der Waals surface area (Å²) in [5.74, 6) is 0.941. The fraction of sp³-hybridized carbons (Fsp3) is 0.267. The van der Waals surface area contributed by atoms with Crippen LogP contribution in [0.2, 0.25) is 0 Å². The highest BCUT2D eigenvalue weighted by Crippen LogP contribution is 2.25. The molecule has 2 rings (SSSR count). The molecular formula is C15H17NOS2. The number of thiocarbonyl (C=S) groups is 1. The number of benzene rings is 1. The predicted octanol–water partition coefficient (Wildman–Crippen LogP) is 3.62. The molecule has 4 heteroatoms. The van der Waals surface area contributed by atoms with Crippen LogP contribution >= 0.6 is 23.6 Å². The van der Waals surface area contributed by atoms with Crippen LogP contribution in [0.25, 0.3) is 0 Å². The minimum Gasteiger partial charge on any atom is -0.493 e. The minimum atomic E-state index is 0.427. The third-order valence-corrected chi connectivity index (χ3v) is 4.09. The van der Waals surface area contributed by atoms with E-state index in [2.05, 4.69) is 17.5 Å². The molecule has 1 aromatic heterocycles. The average Bonchev–Trinajstić information content (AvgIpc) is 2.85. The van der Waals surface area contributed by atoms with Gasteiger partial charge in [-0.3, -0.25) is 0 Å². The van der Waals surface area contributed by atoms with Crippen LogP contribution in [-0.4, -0.2) is 11.6 Å². The van der Waals surface area contributed by atoms with Crippen LogP contribution < -0.4 is 10.5 Å². The van der Waals surface area contributed by atoms with Crippen LogP contribution in [-0.2, 0) is 6.42 Å². The number of hydrogen-bond acceptors (Lipinski definition) is 3. The van der Waals surface area contributed by atoms with Gasteiger partial charge >= 0.3 is 0 Å². The molecule has 1 heterocycles. The van der Waals surface area contributed by atoms with Gasteiger partial charge in [-0.25, -0.2) is 0 Å². The second-order valence-electron chi connectivity index (χ2n) is 4.48. The predicted molar refractivity (Wildman–Crippen MR) is 85.3 cm³/mol. The van der Waals surface area contributed by atoms with Crippen molar-refractivity contribution in [1.82, 2.24) is 0 Å². The van der Waals surface area contributed by atoms with E-state index in [4.69, 9.17) is 22.7 Å². The lowest BCUT2D eigenvalue weighted by molar-refractivity contribution is 0.318. The average molecular weight is 291 g/mol. The van der Waals surface area contributed by atoms with Crippen molar-refractivity contribution >= 4 is 28.5 Å². The van der Waals surface area contributed by atoms with E-state index in [1.807, 2.05) is 26.0 Å². The van der Waals surface area contributed by atoms with Gasteiger partial charge in [-0.05, 0) is 48.6 Å². The van der Waals surface area contributed by atoms with Crippen LogP contribution in [0.1, 0.15) is 21.6 Å². The van der Waals surface area contributed by atoms with Gasteiger partial charge in [0.1, 0.15) is 10.7 Å². The SMILES string of the molecule is Cc1cc(C(N)=S)cc(C)c1OCCc1cccs1. The topological polar surface area (TPSA) is 35.2 Å². The summed E-state index contributed by atoms with van der Waals surface area (Å²) in [6.07, 6.45) is 0.938. The lowest BCUT2D eigenvalue weighted by atomic mass is 10.1. The smallest absolute Gasteiger partial charge is 0.125 e. The van der Waals surface area contributed by atoms with Crippen LogP contribution in [0.4, 0.5) is 0 Å². The Morgan fingerprint density at radius 3 is 2.53 bits per heavy atom. The normalized spacial score (nSPS) is 10.4. The number of rotatable bonds is 5. The summed E-state index contributed by atoms with van der Waals surface area (Å²) >= 11 is 6.76. The van der Waals surface area contributed by atoms with E-state index in [1.165, 1.54) is 4.88 Å². The van der Waals surface area contributed by atoms with Gasteiger partial charge in [0.15, 0.2) is 0 Å². The Hall–Kier alpha value is -1.39. The molecule has 0 amide bonds. The first-order chi connectivity index (χ1) is 9.08. The van der Waals surface area contributed by atoms with E-state index in [0.29, 0.717) is 11.6 Å². The molecule has 0 saturated heterocycles. The van der Waals surface area contributed by atoms with Crippen LogP contribution in [0.15, 0.2) is 29.6 Å². The standard InChI is InChI=1S/C15H17NOS2/c1-10-8-12(15(16)18)9-11(2)14(10)17-6-5-13-4-3-7-19-13/h3-4,7-9H,5-6H2,1-2H3,(H2,16,18). The minimum absolute atomic E-state index is 0.427. The van der Waals surface area contributed by atoms with Gasteiger partial charge in [0.05, 0.1) is 6.61 Å². The van der Waals surface area contributed by atoms with Crippen molar-refractivity contribution in [2.24, 2.45) is 5.73 Å². The van der Waals surface area contributed by atoms with Crippen molar-refractivity contribution in [1.29, 1.82) is 0 Å². The van der Waals surface area contributed by atoms with E-state index in [-0.39, 0.29) is 0 Å². The number of nitrogens with two attached hydrogens (primary N) is 1. The highest BCUT2D eigenvalue weighted by atomic mass is 32.1. The Morgan fingerprint density at radius 1 is 1.32 bits per heavy atom. The first-order valence-corrected chi connectivity index (χ1v) is 7.43. The van der Waals surface area contributed by atoms with Crippen molar-refractivity contribution < 1.29 is 4.74 Å². The molecule has 0 bridgehead atoms. The molecule has 2 N–H and O–H groups in total. The summed E-state index contributed by atoms with van der Waals surface area (Å²) in [5, 5.41) is 2.09. The summed E-state index contributed by atoms with van der Waals surface area (Å²) in [6, 6.07) is 8.16. The van der Waals surface area contributed by atoms with Crippen LogP contribution in [0.5, 0.6) is 5.75 Å². The zero-order valence-electron chi connectivity index (χ0n) is 11.1. The number of hydrogen-bond donors (Lipinski definition) is 1.